The van der Waals surface area contributed by atoms with Crippen LogP contribution in [0.2, 0.25) is 0 Å². The average molecular weight is 649 g/mol. The zero-order valence-corrected chi connectivity index (χ0v) is 30.8. The monoisotopic (exact) mass is 648 g/mol. The van der Waals surface area contributed by atoms with E-state index in [0.29, 0.717) is 12.8 Å². The van der Waals surface area contributed by atoms with Gasteiger partial charge < -0.3 is 30.4 Å². The van der Waals surface area contributed by atoms with Crippen LogP contribution in [0.3, 0.4) is 0 Å². The van der Waals surface area contributed by atoms with Crippen LogP contribution < -0.4 is 20.8 Å². The second kappa shape index (κ2) is 40.7. The molecular weight excluding hydrogens is 581 g/mol. The first-order chi connectivity index (χ1) is 21.3. The van der Waals surface area contributed by atoms with E-state index in [9.17, 15) is 29.4 Å². The predicted octanol–water partition coefficient (Wildman–Crippen LogP) is 6.29. The first-order valence-electron chi connectivity index (χ1n) is 18.3. The van der Waals surface area contributed by atoms with E-state index in [1.807, 2.05) is 0 Å². The van der Waals surface area contributed by atoms with E-state index in [-0.39, 0.29) is 48.0 Å². The fourth-order valence-electron chi connectivity index (χ4n) is 5.12. The van der Waals surface area contributed by atoms with Crippen molar-refractivity contribution in [1.29, 1.82) is 0 Å². The molecule has 0 aliphatic carbocycles. The van der Waals surface area contributed by atoms with Gasteiger partial charge in [0.05, 0.1) is 25.0 Å². The molecular formula is C36H68MgN2O6. The van der Waals surface area contributed by atoms with Gasteiger partial charge in [-0.05, 0) is 12.8 Å². The van der Waals surface area contributed by atoms with Crippen LogP contribution in [0.5, 0.6) is 0 Å². The van der Waals surface area contributed by atoms with Crippen LogP contribution in [0.25, 0.3) is 0 Å². The number of unbranched alkanes of at least 4 members (excludes halogenated alkanes) is 24. The molecule has 0 aromatic rings. The molecule has 0 radical (unpaired) electrons. The van der Waals surface area contributed by atoms with Gasteiger partial charge in [-0.3, -0.25) is 9.59 Å². The number of aliphatic carboxylic acids is 2. The van der Waals surface area contributed by atoms with Crippen molar-refractivity contribution in [2.75, 3.05) is 13.1 Å². The van der Waals surface area contributed by atoms with E-state index in [4.69, 9.17) is 0 Å². The van der Waals surface area contributed by atoms with Gasteiger partial charge in [-0.15, -0.1) is 0 Å². The van der Waals surface area contributed by atoms with Crippen molar-refractivity contribution >= 4 is 46.8 Å². The minimum Gasteiger partial charge on any atom is -0.548 e. The SMILES string of the molecule is CCCCCCCCCCCCCCCC(=O)NCC(=O)[O-].CCCCCCCCCCCCCCCC(=O)NCC(=O)[O-].[Mg+2]. The molecule has 0 aliphatic rings. The Hall–Kier alpha value is -1.35. The average Bonchev–Trinajstić information content (AvgIpc) is 3.00. The van der Waals surface area contributed by atoms with Crippen molar-refractivity contribution in [3.05, 3.63) is 0 Å². The van der Waals surface area contributed by atoms with Gasteiger partial charge in [-0.2, -0.15) is 0 Å². The fraction of sp³-hybridized carbons (Fsp3) is 0.889. The molecule has 0 atom stereocenters. The number of amides is 2. The van der Waals surface area contributed by atoms with Gasteiger partial charge >= 0.3 is 23.1 Å². The first-order valence-corrected chi connectivity index (χ1v) is 18.3. The van der Waals surface area contributed by atoms with Gasteiger partial charge in [0.2, 0.25) is 11.8 Å². The van der Waals surface area contributed by atoms with Gasteiger partial charge in [0.1, 0.15) is 0 Å². The Balaban J connectivity index is -0.000000767. The van der Waals surface area contributed by atoms with E-state index in [1.165, 1.54) is 141 Å². The number of hydrogen-bond acceptors (Lipinski definition) is 6. The summed E-state index contributed by atoms with van der Waals surface area (Å²) in [5, 5.41) is 25.0. The van der Waals surface area contributed by atoms with E-state index in [0.717, 1.165) is 25.7 Å². The van der Waals surface area contributed by atoms with Crippen molar-refractivity contribution < 1.29 is 29.4 Å². The molecule has 0 unspecified atom stereocenters. The van der Waals surface area contributed by atoms with Gasteiger partial charge in [0.15, 0.2) is 0 Å². The van der Waals surface area contributed by atoms with Crippen molar-refractivity contribution in [3.8, 4) is 0 Å². The number of nitrogens with one attached hydrogen (secondary N) is 2. The first kappa shape index (κ1) is 48.0. The van der Waals surface area contributed by atoms with Crippen LogP contribution in [0.15, 0.2) is 0 Å². The summed E-state index contributed by atoms with van der Waals surface area (Å²) in [6, 6.07) is 0. The van der Waals surface area contributed by atoms with Crippen LogP contribution >= 0.6 is 0 Å². The zero-order chi connectivity index (χ0) is 32.9. The molecule has 45 heavy (non-hydrogen) atoms. The van der Waals surface area contributed by atoms with E-state index < -0.39 is 11.9 Å². The van der Waals surface area contributed by atoms with E-state index in [2.05, 4.69) is 24.5 Å². The summed E-state index contributed by atoms with van der Waals surface area (Å²) in [4.78, 5) is 42.8. The third kappa shape index (κ3) is 47.2. The summed E-state index contributed by atoms with van der Waals surface area (Å²) in [7, 11) is 0. The molecule has 260 valence electrons. The maximum absolute atomic E-state index is 11.2. The minimum absolute atomic E-state index is 0. The second-order valence-electron chi connectivity index (χ2n) is 12.3. The van der Waals surface area contributed by atoms with Crippen molar-refractivity contribution in [3.63, 3.8) is 0 Å². The van der Waals surface area contributed by atoms with E-state index in [1.54, 1.807) is 0 Å². The zero-order valence-electron chi connectivity index (χ0n) is 29.4. The van der Waals surface area contributed by atoms with E-state index >= 15 is 0 Å². The number of carboxylic acid groups (broad SMARTS) is 2. The fourth-order valence-corrected chi connectivity index (χ4v) is 5.12. The van der Waals surface area contributed by atoms with Gasteiger partial charge in [0, 0.05) is 12.8 Å². The van der Waals surface area contributed by atoms with Gasteiger partial charge in [-0.1, -0.05) is 168 Å². The molecule has 0 aliphatic heterocycles. The number of carboxylic acids is 2. The molecule has 2 N–H and O–H groups in total. The Kier molecular flexibility index (Phi) is 43.4. The Bertz CT molecular complexity index is 622. The normalized spacial score (nSPS) is 10.4. The molecule has 0 heterocycles. The standard InChI is InChI=1S/2C18H35NO3.Mg/c2*1-2-3-4-5-6-7-8-9-10-11-12-13-14-15-17(20)19-16-18(21)22;/h2*2-16H2,1H3,(H,19,20)(H,21,22);/q;;+2/p-2. The Morgan fingerprint density at radius 1 is 0.378 bits per heavy atom. The molecule has 9 heteroatoms. The second-order valence-corrected chi connectivity index (χ2v) is 12.3. The molecule has 2 amide bonds. The summed E-state index contributed by atoms with van der Waals surface area (Å²) in [6.07, 6.45) is 34.0. The maximum atomic E-state index is 11.2. The Morgan fingerprint density at radius 2 is 0.578 bits per heavy atom. The smallest absolute Gasteiger partial charge is 0.548 e. The molecule has 0 rings (SSSR count). The Labute approximate surface area is 292 Å². The number of rotatable bonds is 32. The van der Waals surface area contributed by atoms with Crippen LogP contribution in [-0.2, 0) is 19.2 Å². The molecule has 0 bridgehead atoms. The number of hydrogen-bond donors (Lipinski definition) is 2. The minimum atomic E-state index is -1.24. The molecule has 0 fully saturated rings. The summed E-state index contributed by atoms with van der Waals surface area (Å²) in [6.45, 7) is 3.74. The van der Waals surface area contributed by atoms with Crippen LogP contribution in [0, 0.1) is 0 Å². The van der Waals surface area contributed by atoms with Crippen LogP contribution in [0.4, 0.5) is 0 Å². The summed E-state index contributed by atoms with van der Waals surface area (Å²) < 4.78 is 0. The summed E-state index contributed by atoms with van der Waals surface area (Å²) >= 11 is 0. The molecule has 0 saturated carbocycles. The number of carbonyl (C=O) groups is 4. The maximum Gasteiger partial charge on any atom is 2.00 e. The summed E-state index contributed by atoms with van der Waals surface area (Å²) in [5.41, 5.74) is 0. The largest absolute Gasteiger partial charge is 2.00 e. The number of carbonyl (C=O) groups excluding carboxylic acids is 4. The third-order valence-corrected chi connectivity index (χ3v) is 7.87. The van der Waals surface area contributed by atoms with Crippen molar-refractivity contribution in [1.82, 2.24) is 10.6 Å². The van der Waals surface area contributed by atoms with Gasteiger partial charge in [0.25, 0.3) is 0 Å². The molecule has 0 aromatic heterocycles. The molecule has 0 aromatic carbocycles. The molecule has 0 spiro atoms. The molecule has 8 nitrogen and oxygen atoms in total. The summed E-state index contributed by atoms with van der Waals surface area (Å²) in [5.74, 6) is -2.85. The topological polar surface area (TPSA) is 138 Å². The third-order valence-electron chi connectivity index (χ3n) is 7.87. The van der Waals surface area contributed by atoms with Crippen molar-refractivity contribution in [2.45, 2.75) is 194 Å². The predicted molar refractivity (Wildman–Crippen MR) is 182 cm³/mol. The van der Waals surface area contributed by atoms with Crippen LogP contribution in [0.1, 0.15) is 194 Å². The van der Waals surface area contributed by atoms with Crippen LogP contribution in [-0.4, -0.2) is 59.9 Å². The quantitative estimate of drug-likeness (QED) is 0.0650. The molecule has 0 saturated heterocycles. The Morgan fingerprint density at radius 3 is 0.778 bits per heavy atom. The van der Waals surface area contributed by atoms with Gasteiger partial charge in [-0.25, -0.2) is 0 Å². The van der Waals surface area contributed by atoms with Crippen molar-refractivity contribution in [2.24, 2.45) is 0 Å².